The Bertz CT molecular complexity index is 1160. The number of carbonyl (C=O) groups excluding carboxylic acids is 2. The maximum Gasteiger partial charge on any atom is 0.412 e. The lowest BCUT2D eigenvalue weighted by Crippen LogP contribution is -2.53. The molecule has 0 unspecified atom stereocenters. The topological polar surface area (TPSA) is 96.4 Å². The lowest BCUT2D eigenvalue weighted by Gasteiger charge is -2.39. The molecule has 1 aromatic heterocycles. The van der Waals surface area contributed by atoms with Crippen LogP contribution in [-0.4, -0.2) is 64.6 Å². The van der Waals surface area contributed by atoms with Gasteiger partial charge in [0, 0.05) is 49.7 Å². The van der Waals surface area contributed by atoms with Crippen molar-refractivity contribution >= 4 is 29.4 Å². The van der Waals surface area contributed by atoms with Gasteiger partial charge in [0.15, 0.2) is 0 Å². The number of likely N-dealkylation sites (tertiary alicyclic amines) is 1. The number of aromatic nitrogens is 1. The van der Waals surface area contributed by atoms with Gasteiger partial charge in [-0.3, -0.25) is 15.1 Å². The monoisotopic (exact) mass is 507 g/mol. The molecule has 9 nitrogen and oxygen atoms in total. The molecule has 4 rings (SSSR count). The zero-order chi connectivity index (χ0) is 26.6. The van der Waals surface area contributed by atoms with Crippen molar-refractivity contribution in [3.8, 4) is 0 Å². The summed E-state index contributed by atoms with van der Waals surface area (Å²) >= 11 is 0. The summed E-state index contributed by atoms with van der Waals surface area (Å²) in [5.74, 6) is 0.0702. The number of piperidine rings is 1. The van der Waals surface area contributed by atoms with Gasteiger partial charge in [-0.2, -0.15) is 4.99 Å². The number of hydrogen-bond acceptors (Lipinski definition) is 7. The average molecular weight is 508 g/mol. The molecular formula is C28H37N5O4. The molecule has 198 valence electrons. The Kier molecular flexibility index (Phi) is 8.00. The minimum absolute atomic E-state index is 0.0702. The third-order valence-electron chi connectivity index (χ3n) is 6.61. The quantitative estimate of drug-likeness (QED) is 0.624. The lowest BCUT2D eigenvalue weighted by molar-refractivity contribution is -0.135. The molecule has 1 atom stereocenters. The van der Waals surface area contributed by atoms with E-state index in [4.69, 9.17) is 14.5 Å². The Morgan fingerprint density at radius 2 is 2.03 bits per heavy atom. The van der Waals surface area contributed by atoms with Crippen LogP contribution >= 0.6 is 0 Å². The standard InChI is InChI=1S/C28H37N5O4/c1-19-21-18-36-26(30-23(21)13-12-22(19)31-27(35)37-28(2,3)4)33-16-9-7-11-24(33)25(34)32(5)17-14-20-10-6-8-15-29-20/h6,8,10,12-13,15,24H,7,9,11,14,16-18H2,1-5H3,(H,31,35)/t24-/m0/s1. The zero-order valence-electron chi connectivity index (χ0n) is 22.4. The van der Waals surface area contributed by atoms with Crippen molar-refractivity contribution in [1.82, 2.24) is 14.8 Å². The van der Waals surface area contributed by atoms with Crippen LogP contribution in [-0.2, 0) is 27.3 Å². The molecule has 0 spiro atoms. The van der Waals surface area contributed by atoms with Gasteiger partial charge in [-0.05, 0) is 76.8 Å². The molecule has 2 aliphatic heterocycles. The summed E-state index contributed by atoms with van der Waals surface area (Å²) in [7, 11) is 1.85. The summed E-state index contributed by atoms with van der Waals surface area (Å²) < 4.78 is 11.5. The minimum atomic E-state index is -0.580. The van der Waals surface area contributed by atoms with Crippen LogP contribution in [0.3, 0.4) is 0 Å². The number of pyridine rings is 1. The van der Waals surface area contributed by atoms with E-state index in [1.54, 1.807) is 11.1 Å². The maximum absolute atomic E-state index is 13.4. The fourth-order valence-corrected chi connectivity index (χ4v) is 4.61. The van der Waals surface area contributed by atoms with Crippen molar-refractivity contribution in [2.45, 2.75) is 71.6 Å². The first-order chi connectivity index (χ1) is 17.6. The highest BCUT2D eigenvalue weighted by molar-refractivity contribution is 5.90. The van der Waals surface area contributed by atoms with Crippen LogP contribution in [0.15, 0.2) is 41.5 Å². The number of carbonyl (C=O) groups is 2. The Morgan fingerprint density at radius 1 is 1.22 bits per heavy atom. The van der Waals surface area contributed by atoms with E-state index < -0.39 is 11.7 Å². The van der Waals surface area contributed by atoms with E-state index in [1.165, 1.54) is 0 Å². The van der Waals surface area contributed by atoms with Gasteiger partial charge in [0.25, 0.3) is 6.02 Å². The summed E-state index contributed by atoms with van der Waals surface area (Å²) in [5.41, 5.74) is 3.62. The number of anilines is 1. The summed E-state index contributed by atoms with van der Waals surface area (Å²) in [4.78, 5) is 38.6. The van der Waals surface area contributed by atoms with Crippen molar-refractivity contribution in [1.29, 1.82) is 0 Å². The molecule has 1 saturated heterocycles. The number of rotatable bonds is 5. The molecule has 1 fully saturated rings. The molecule has 9 heteroatoms. The molecular weight excluding hydrogens is 470 g/mol. The van der Waals surface area contributed by atoms with Crippen LogP contribution in [0.1, 0.15) is 56.9 Å². The Hall–Kier alpha value is -3.62. The molecule has 37 heavy (non-hydrogen) atoms. The summed E-state index contributed by atoms with van der Waals surface area (Å²) in [5, 5.41) is 2.82. The van der Waals surface area contributed by atoms with Crippen molar-refractivity contribution in [2.24, 2.45) is 4.99 Å². The van der Waals surface area contributed by atoms with Gasteiger partial charge in [0.05, 0.1) is 5.69 Å². The number of ether oxygens (including phenoxy) is 2. The summed E-state index contributed by atoms with van der Waals surface area (Å²) in [6.45, 7) is 9.04. The number of benzene rings is 1. The molecule has 2 amide bonds. The third-order valence-corrected chi connectivity index (χ3v) is 6.61. The second-order valence-corrected chi connectivity index (χ2v) is 10.6. The van der Waals surface area contributed by atoms with Crippen LogP contribution in [0.2, 0.25) is 0 Å². The van der Waals surface area contributed by atoms with E-state index in [-0.39, 0.29) is 11.9 Å². The van der Waals surface area contributed by atoms with E-state index in [0.717, 1.165) is 48.3 Å². The molecule has 0 saturated carbocycles. The van der Waals surface area contributed by atoms with Gasteiger partial charge in [-0.1, -0.05) is 6.07 Å². The van der Waals surface area contributed by atoms with Crippen molar-refractivity contribution in [3.05, 3.63) is 53.3 Å². The van der Waals surface area contributed by atoms with Gasteiger partial charge in [0.2, 0.25) is 5.91 Å². The van der Waals surface area contributed by atoms with Crippen LogP contribution < -0.4 is 5.32 Å². The number of amides is 2. The highest BCUT2D eigenvalue weighted by atomic mass is 16.6. The minimum Gasteiger partial charge on any atom is -0.460 e. The Balaban J connectivity index is 1.47. The molecule has 2 aliphatic rings. The molecule has 3 heterocycles. The van der Waals surface area contributed by atoms with Crippen molar-refractivity contribution in [3.63, 3.8) is 0 Å². The van der Waals surface area contributed by atoms with E-state index >= 15 is 0 Å². The van der Waals surface area contributed by atoms with Crippen LogP contribution in [0, 0.1) is 6.92 Å². The Labute approximate surface area is 218 Å². The highest BCUT2D eigenvalue weighted by Crippen LogP contribution is 2.34. The summed E-state index contributed by atoms with van der Waals surface area (Å²) in [6, 6.07) is 9.70. The van der Waals surface area contributed by atoms with Gasteiger partial charge in [0.1, 0.15) is 18.2 Å². The molecule has 0 aliphatic carbocycles. The first kappa shape index (κ1) is 26.4. The Morgan fingerprint density at radius 3 is 2.76 bits per heavy atom. The molecule has 1 aromatic carbocycles. The van der Waals surface area contributed by atoms with Crippen molar-refractivity contribution < 1.29 is 19.1 Å². The number of nitrogens with zero attached hydrogens (tertiary/aromatic N) is 4. The predicted molar refractivity (Wildman–Crippen MR) is 143 cm³/mol. The summed E-state index contributed by atoms with van der Waals surface area (Å²) in [6.07, 6.45) is 4.71. The predicted octanol–water partition coefficient (Wildman–Crippen LogP) is 4.81. The number of fused-ring (bicyclic) bond motifs is 1. The largest absolute Gasteiger partial charge is 0.460 e. The lowest BCUT2D eigenvalue weighted by atomic mass is 10.0. The van der Waals surface area contributed by atoms with E-state index in [1.807, 2.05) is 70.0 Å². The number of likely N-dealkylation sites (N-methyl/N-ethyl adjacent to an activating group) is 1. The van der Waals surface area contributed by atoms with Gasteiger partial charge in [-0.15, -0.1) is 0 Å². The van der Waals surface area contributed by atoms with E-state index in [0.29, 0.717) is 31.3 Å². The van der Waals surface area contributed by atoms with Crippen LogP contribution in [0.4, 0.5) is 16.2 Å². The number of aliphatic imine (C=N–C) groups is 1. The van der Waals surface area contributed by atoms with Crippen LogP contribution in [0.25, 0.3) is 0 Å². The number of nitrogens with one attached hydrogen (secondary N) is 1. The van der Waals surface area contributed by atoms with E-state index in [2.05, 4.69) is 10.3 Å². The first-order valence-electron chi connectivity index (χ1n) is 12.9. The van der Waals surface area contributed by atoms with Gasteiger partial charge < -0.3 is 19.3 Å². The second-order valence-electron chi connectivity index (χ2n) is 10.6. The van der Waals surface area contributed by atoms with Gasteiger partial charge in [-0.25, -0.2) is 4.79 Å². The maximum atomic E-state index is 13.4. The van der Waals surface area contributed by atoms with Crippen LogP contribution in [0.5, 0.6) is 0 Å². The zero-order valence-corrected chi connectivity index (χ0v) is 22.4. The fraction of sp³-hybridized carbons (Fsp3) is 0.500. The van der Waals surface area contributed by atoms with E-state index in [9.17, 15) is 9.59 Å². The molecule has 0 radical (unpaired) electrons. The third kappa shape index (κ3) is 6.58. The second kappa shape index (κ2) is 11.2. The molecule has 0 bridgehead atoms. The smallest absolute Gasteiger partial charge is 0.412 e. The van der Waals surface area contributed by atoms with Gasteiger partial charge >= 0.3 is 6.09 Å². The fourth-order valence-electron chi connectivity index (χ4n) is 4.61. The number of amidine groups is 1. The SMILES string of the molecule is Cc1c(NC(=O)OC(C)(C)C)ccc2c1COC(N1CCCC[C@H]1C(=O)N(C)CCc1ccccn1)=N2. The molecule has 2 aromatic rings. The number of hydrogen-bond donors (Lipinski definition) is 1. The highest BCUT2D eigenvalue weighted by Gasteiger charge is 2.35. The normalized spacial score (nSPS) is 17.3. The average Bonchev–Trinajstić information content (AvgIpc) is 2.88. The molecule has 1 N–H and O–H groups in total. The first-order valence-corrected chi connectivity index (χ1v) is 12.9. The van der Waals surface area contributed by atoms with Crippen molar-refractivity contribution in [2.75, 3.05) is 25.5 Å².